The summed E-state index contributed by atoms with van der Waals surface area (Å²) < 4.78 is 0. The van der Waals surface area contributed by atoms with Gasteiger partial charge in [-0.25, -0.2) is 0 Å². The molecule has 2 unspecified atom stereocenters. The van der Waals surface area contributed by atoms with Gasteiger partial charge in [0.2, 0.25) is 5.91 Å². The minimum Gasteiger partial charge on any atom is -0.481 e. The fourth-order valence-corrected chi connectivity index (χ4v) is 4.20. The molecule has 3 N–H and O–H groups in total. The number of carboxylic acids is 1. The lowest BCUT2D eigenvalue weighted by molar-refractivity contribution is -0.143. The minimum absolute atomic E-state index is 0.0655. The Hall–Kier alpha value is -2.06. The van der Waals surface area contributed by atoms with Crippen LogP contribution in [0, 0.1) is 6.92 Å². The predicted molar refractivity (Wildman–Crippen MR) is 83.9 cm³/mol. The Bertz CT molecular complexity index is 707. The van der Waals surface area contributed by atoms with Crippen LogP contribution >= 0.6 is 11.8 Å². The van der Waals surface area contributed by atoms with E-state index in [0.29, 0.717) is 11.3 Å². The number of fused-ring (bicyclic) bond motifs is 1. The number of aryl methyl sites for hydroxylation is 1. The molecule has 0 spiro atoms. The molecule has 2 aliphatic rings. The summed E-state index contributed by atoms with van der Waals surface area (Å²) in [6.45, 7) is 1.91. The first-order valence-electron chi connectivity index (χ1n) is 7.11. The molecule has 0 radical (unpaired) electrons. The molecule has 0 aromatic heterocycles. The van der Waals surface area contributed by atoms with E-state index in [1.807, 2.05) is 13.0 Å². The van der Waals surface area contributed by atoms with Crippen LogP contribution in [0.15, 0.2) is 18.2 Å². The van der Waals surface area contributed by atoms with E-state index in [-0.39, 0.29) is 18.8 Å². The summed E-state index contributed by atoms with van der Waals surface area (Å²) in [7, 11) is 0. The molecule has 0 saturated carbocycles. The van der Waals surface area contributed by atoms with Gasteiger partial charge in [0, 0.05) is 17.8 Å². The second kappa shape index (κ2) is 5.54. The first-order chi connectivity index (χ1) is 10.8. The number of aliphatic carboxylic acids is 1. The van der Waals surface area contributed by atoms with Gasteiger partial charge < -0.3 is 20.4 Å². The number of carbonyl (C=O) groups is 3. The Morgan fingerprint density at radius 1 is 1.48 bits per heavy atom. The predicted octanol–water partition coefficient (Wildman–Crippen LogP) is 0.511. The maximum atomic E-state index is 12.5. The number of carboxylic acid groups (broad SMARTS) is 1. The molecule has 3 rings (SSSR count). The topological polar surface area (TPSA) is 107 Å². The van der Waals surface area contributed by atoms with E-state index >= 15 is 0 Å². The van der Waals surface area contributed by atoms with E-state index in [1.54, 1.807) is 12.1 Å². The number of rotatable bonds is 4. The lowest BCUT2D eigenvalue weighted by Gasteiger charge is -2.26. The highest BCUT2D eigenvalue weighted by Gasteiger charge is 2.57. The third-order valence-electron chi connectivity index (χ3n) is 4.09. The van der Waals surface area contributed by atoms with E-state index in [4.69, 9.17) is 5.11 Å². The van der Waals surface area contributed by atoms with Crippen molar-refractivity contribution in [2.45, 2.75) is 24.2 Å². The van der Waals surface area contributed by atoms with Crippen LogP contribution in [-0.4, -0.2) is 50.6 Å². The highest BCUT2D eigenvalue weighted by atomic mass is 32.2. The Balaban J connectivity index is 1.90. The molecular weight excluding hydrogens is 320 g/mol. The van der Waals surface area contributed by atoms with Crippen LogP contribution in [-0.2, 0) is 20.0 Å². The number of hydrogen-bond acceptors (Lipinski definition) is 5. The highest BCUT2D eigenvalue weighted by molar-refractivity contribution is 8.01. The number of thioether (sulfide) groups is 1. The van der Waals surface area contributed by atoms with Gasteiger partial charge in [-0.3, -0.25) is 14.4 Å². The molecule has 0 aliphatic carbocycles. The van der Waals surface area contributed by atoms with Crippen LogP contribution in [0.4, 0.5) is 5.69 Å². The molecule has 1 saturated heterocycles. The zero-order valence-electron chi connectivity index (χ0n) is 12.4. The van der Waals surface area contributed by atoms with Gasteiger partial charge in [0.15, 0.2) is 5.60 Å². The van der Waals surface area contributed by atoms with E-state index in [9.17, 15) is 19.5 Å². The molecule has 23 heavy (non-hydrogen) atoms. The highest BCUT2D eigenvalue weighted by Crippen LogP contribution is 2.45. The molecule has 122 valence electrons. The van der Waals surface area contributed by atoms with Crippen molar-refractivity contribution in [1.29, 1.82) is 0 Å². The van der Waals surface area contributed by atoms with Gasteiger partial charge in [-0.2, -0.15) is 0 Å². The first-order valence-corrected chi connectivity index (χ1v) is 8.16. The van der Waals surface area contributed by atoms with Crippen molar-refractivity contribution in [2.75, 3.05) is 17.7 Å². The Morgan fingerprint density at radius 3 is 2.91 bits per heavy atom. The molecule has 2 amide bonds. The maximum Gasteiger partial charge on any atom is 0.305 e. The lowest BCUT2D eigenvalue weighted by Crippen LogP contribution is -2.48. The third kappa shape index (κ3) is 2.47. The molecule has 7 nitrogen and oxygen atoms in total. The Kier molecular flexibility index (Phi) is 3.81. The molecule has 1 fully saturated rings. The molecular formula is C15H16N2O5S. The van der Waals surface area contributed by atoms with Crippen LogP contribution in [0.2, 0.25) is 0 Å². The largest absolute Gasteiger partial charge is 0.481 e. The third-order valence-corrected chi connectivity index (χ3v) is 5.42. The summed E-state index contributed by atoms with van der Waals surface area (Å²) in [5.41, 5.74) is -0.160. The average molecular weight is 336 g/mol. The molecule has 2 aliphatic heterocycles. The second-order valence-electron chi connectivity index (χ2n) is 5.69. The molecule has 2 heterocycles. The van der Waals surface area contributed by atoms with E-state index < -0.39 is 28.6 Å². The number of aliphatic hydroxyl groups is 1. The van der Waals surface area contributed by atoms with Gasteiger partial charge in [-0.15, -0.1) is 11.8 Å². The Labute approximate surface area is 136 Å². The van der Waals surface area contributed by atoms with Crippen LogP contribution in [0.5, 0.6) is 0 Å². The van der Waals surface area contributed by atoms with Crippen LogP contribution in [0.25, 0.3) is 0 Å². The van der Waals surface area contributed by atoms with Crippen molar-refractivity contribution in [3.8, 4) is 0 Å². The van der Waals surface area contributed by atoms with Crippen molar-refractivity contribution >= 4 is 35.2 Å². The second-order valence-corrected chi connectivity index (χ2v) is 6.75. The number of nitrogens with zero attached hydrogens (tertiary/aromatic N) is 1. The van der Waals surface area contributed by atoms with Crippen LogP contribution in [0.3, 0.4) is 0 Å². The normalized spacial score (nSPS) is 26.3. The average Bonchev–Trinajstić information content (AvgIpc) is 2.97. The van der Waals surface area contributed by atoms with Crippen LogP contribution < -0.4 is 5.32 Å². The SMILES string of the molecule is Cc1ccc2c(c1)C(O)(C1SCN(CCC(=O)O)C1=O)C(=O)N2. The smallest absolute Gasteiger partial charge is 0.305 e. The monoisotopic (exact) mass is 336 g/mol. The number of anilines is 1. The number of hydrogen-bond donors (Lipinski definition) is 3. The van der Waals surface area contributed by atoms with Gasteiger partial charge in [-0.1, -0.05) is 17.7 Å². The summed E-state index contributed by atoms with van der Waals surface area (Å²) in [4.78, 5) is 36.9. The van der Waals surface area contributed by atoms with Crippen molar-refractivity contribution < 1.29 is 24.6 Å². The van der Waals surface area contributed by atoms with Gasteiger partial charge in [-0.05, 0) is 13.0 Å². The zero-order valence-corrected chi connectivity index (χ0v) is 13.2. The van der Waals surface area contributed by atoms with E-state index in [1.165, 1.54) is 4.90 Å². The standard InChI is InChI=1S/C15H16N2O5S/c1-8-2-3-10-9(6-8)15(22,14(21)16-10)12-13(20)17(7-23-12)5-4-11(18)19/h2-3,6,12,22H,4-5,7H2,1H3,(H,16,21)(H,18,19). The zero-order chi connectivity index (χ0) is 16.8. The van der Waals surface area contributed by atoms with Gasteiger partial charge in [0.05, 0.1) is 12.3 Å². The minimum atomic E-state index is -1.93. The summed E-state index contributed by atoms with van der Waals surface area (Å²) in [6.07, 6.45) is -0.167. The number of amides is 2. The molecule has 8 heteroatoms. The maximum absolute atomic E-state index is 12.5. The van der Waals surface area contributed by atoms with E-state index in [2.05, 4.69) is 5.32 Å². The van der Waals surface area contributed by atoms with E-state index in [0.717, 1.165) is 17.3 Å². The van der Waals surface area contributed by atoms with Crippen molar-refractivity contribution in [2.24, 2.45) is 0 Å². The van der Waals surface area contributed by atoms with Crippen LogP contribution in [0.1, 0.15) is 17.5 Å². The van der Waals surface area contributed by atoms with Gasteiger partial charge >= 0.3 is 5.97 Å². The molecule has 1 aromatic rings. The quantitative estimate of drug-likeness (QED) is 0.740. The number of nitrogens with one attached hydrogen (secondary N) is 1. The van der Waals surface area contributed by atoms with Gasteiger partial charge in [0.1, 0.15) is 5.25 Å². The fourth-order valence-electron chi connectivity index (χ4n) is 2.85. The molecule has 2 atom stereocenters. The summed E-state index contributed by atoms with van der Waals surface area (Å²) in [5, 5.41) is 21.4. The molecule has 0 bridgehead atoms. The lowest BCUT2D eigenvalue weighted by atomic mass is 9.89. The summed E-state index contributed by atoms with van der Waals surface area (Å²) in [6, 6.07) is 5.21. The summed E-state index contributed by atoms with van der Waals surface area (Å²) >= 11 is 1.15. The van der Waals surface area contributed by atoms with Gasteiger partial charge in [0.25, 0.3) is 5.91 Å². The van der Waals surface area contributed by atoms with Crippen molar-refractivity contribution in [1.82, 2.24) is 4.90 Å². The fraction of sp³-hybridized carbons (Fsp3) is 0.400. The van der Waals surface area contributed by atoms with Crippen molar-refractivity contribution in [3.63, 3.8) is 0 Å². The van der Waals surface area contributed by atoms with Crippen molar-refractivity contribution in [3.05, 3.63) is 29.3 Å². The number of benzene rings is 1. The number of carbonyl (C=O) groups excluding carboxylic acids is 2. The molecule has 1 aromatic carbocycles. The Morgan fingerprint density at radius 2 is 2.22 bits per heavy atom. The summed E-state index contributed by atoms with van der Waals surface area (Å²) in [5.74, 6) is -1.77. The first kappa shape index (κ1) is 15.8.